The van der Waals surface area contributed by atoms with E-state index in [2.05, 4.69) is 30.9 Å². The molecule has 0 bridgehead atoms. The molecule has 1 aliphatic carbocycles. The summed E-state index contributed by atoms with van der Waals surface area (Å²) in [5.74, 6) is 0.510. The van der Waals surface area contributed by atoms with Crippen molar-refractivity contribution in [3.8, 4) is 11.1 Å². The van der Waals surface area contributed by atoms with Gasteiger partial charge >= 0.3 is 5.97 Å². The standard InChI is InChI=1S/C23H30N2O2/c1-4-25(5-2)22-21(23(26)27-6-3)20(17-13-9-7-10-14-17)18-15-11-8-12-16-19(18)24-22/h7,9-10,13-14H,4-6,8,11-12,15-16H2,1-3H3. The number of esters is 1. The fraction of sp³-hybridized carbons (Fsp3) is 0.478. The third-order valence-corrected chi connectivity index (χ3v) is 5.31. The van der Waals surface area contributed by atoms with Crippen molar-refractivity contribution >= 4 is 11.8 Å². The van der Waals surface area contributed by atoms with E-state index >= 15 is 0 Å². The lowest BCUT2D eigenvalue weighted by molar-refractivity contribution is 0.0527. The zero-order valence-corrected chi connectivity index (χ0v) is 16.8. The van der Waals surface area contributed by atoms with E-state index < -0.39 is 0 Å². The molecule has 0 saturated heterocycles. The average Bonchev–Trinajstić information content (AvgIpc) is 2.94. The van der Waals surface area contributed by atoms with Gasteiger partial charge in [-0.25, -0.2) is 9.78 Å². The number of carbonyl (C=O) groups is 1. The summed E-state index contributed by atoms with van der Waals surface area (Å²) in [5.41, 5.74) is 5.13. The van der Waals surface area contributed by atoms with E-state index in [9.17, 15) is 4.79 Å². The van der Waals surface area contributed by atoms with Crippen LogP contribution in [0.25, 0.3) is 11.1 Å². The van der Waals surface area contributed by atoms with Gasteiger partial charge in [0.25, 0.3) is 0 Å². The Bertz CT molecular complexity index is 783. The van der Waals surface area contributed by atoms with Crippen molar-refractivity contribution in [3.05, 3.63) is 47.2 Å². The molecule has 0 amide bonds. The molecule has 144 valence electrons. The highest BCUT2D eigenvalue weighted by Crippen LogP contribution is 2.38. The monoisotopic (exact) mass is 366 g/mol. The summed E-state index contributed by atoms with van der Waals surface area (Å²) in [7, 11) is 0. The fourth-order valence-corrected chi connectivity index (χ4v) is 3.98. The first-order chi connectivity index (χ1) is 13.2. The van der Waals surface area contributed by atoms with Crippen molar-refractivity contribution in [1.82, 2.24) is 4.98 Å². The molecule has 0 saturated carbocycles. The van der Waals surface area contributed by atoms with E-state index in [4.69, 9.17) is 9.72 Å². The molecule has 1 aliphatic rings. The number of pyridine rings is 1. The maximum Gasteiger partial charge on any atom is 0.342 e. The molecule has 1 heterocycles. The number of aromatic nitrogens is 1. The van der Waals surface area contributed by atoms with Crippen LogP contribution in [0.2, 0.25) is 0 Å². The number of aryl methyl sites for hydroxylation is 1. The second-order valence-electron chi connectivity index (χ2n) is 6.93. The summed E-state index contributed by atoms with van der Waals surface area (Å²) in [6.45, 7) is 8.05. The van der Waals surface area contributed by atoms with Crippen LogP contribution >= 0.6 is 0 Å². The first-order valence-electron chi connectivity index (χ1n) is 10.2. The molecule has 1 aromatic heterocycles. The molecule has 4 nitrogen and oxygen atoms in total. The van der Waals surface area contributed by atoms with Crippen LogP contribution < -0.4 is 4.90 Å². The summed E-state index contributed by atoms with van der Waals surface area (Å²) < 4.78 is 5.49. The SMILES string of the molecule is CCOC(=O)c1c(N(CC)CC)nc2c(c1-c1ccccc1)CCCCC2. The quantitative estimate of drug-likeness (QED) is 0.530. The predicted molar refractivity (Wildman–Crippen MR) is 110 cm³/mol. The third kappa shape index (κ3) is 4.00. The summed E-state index contributed by atoms with van der Waals surface area (Å²) in [4.78, 5) is 20.3. The van der Waals surface area contributed by atoms with Crippen molar-refractivity contribution < 1.29 is 9.53 Å². The first kappa shape index (κ1) is 19.4. The topological polar surface area (TPSA) is 42.4 Å². The molecule has 0 radical (unpaired) electrons. The number of carbonyl (C=O) groups excluding carboxylic acids is 1. The molecule has 27 heavy (non-hydrogen) atoms. The molecular weight excluding hydrogens is 336 g/mol. The van der Waals surface area contributed by atoms with Gasteiger partial charge in [-0.05, 0) is 57.6 Å². The van der Waals surface area contributed by atoms with Crippen LogP contribution in [0.5, 0.6) is 0 Å². The van der Waals surface area contributed by atoms with Crippen LogP contribution in [-0.4, -0.2) is 30.6 Å². The summed E-state index contributed by atoms with van der Waals surface area (Å²) in [6.07, 6.45) is 5.45. The number of benzene rings is 1. The van der Waals surface area contributed by atoms with E-state index in [-0.39, 0.29) is 5.97 Å². The Morgan fingerprint density at radius 3 is 2.41 bits per heavy atom. The second kappa shape index (κ2) is 9.03. The van der Waals surface area contributed by atoms with Crippen molar-refractivity contribution in [2.45, 2.75) is 52.9 Å². The lowest BCUT2D eigenvalue weighted by atomic mass is 9.91. The zero-order chi connectivity index (χ0) is 19.2. The Kier molecular flexibility index (Phi) is 6.49. The minimum absolute atomic E-state index is 0.266. The van der Waals surface area contributed by atoms with Crippen LogP contribution in [0.15, 0.2) is 30.3 Å². The molecule has 0 N–H and O–H groups in total. The lowest BCUT2D eigenvalue weighted by Crippen LogP contribution is -2.27. The van der Waals surface area contributed by atoms with Gasteiger partial charge in [0.1, 0.15) is 11.4 Å². The Labute approximate surface area is 162 Å². The van der Waals surface area contributed by atoms with Crippen molar-refractivity contribution in [2.75, 3.05) is 24.6 Å². The number of hydrogen-bond donors (Lipinski definition) is 0. The highest BCUT2D eigenvalue weighted by atomic mass is 16.5. The minimum atomic E-state index is -0.266. The highest BCUT2D eigenvalue weighted by Gasteiger charge is 2.28. The Balaban J connectivity index is 2.34. The molecular formula is C23H30N2O2. The zero-order valence-electron chi connectivity index (χ0n) is 16.8. The van der Waals surface area contributed by atoms with Crippen molar-refractivity contribution in [1.29, 1.82) is 0 Å². The van der Waals surface area contributed by atoms with Gasteiger partial charge in [-0.1, -0.05) is 36.8 Å². The van der Waals surface area contributed by atoms with E-state index in [1.54, 1.807) is 0 Å². The predicted octanol–water partition coefficient (Wildman–Crippen LogP) is 5.04. The highest BCUT2D eigenvalue weighted by molar-refractivity contribution is 6.03. The van der Waals surface area contributed by atoms with E-state index in [1.165, 1.54) is 12.0 Å². The number of anilines is 1. The molecule has 0 unspecified atom stereocenters. The fourth-order valence-electron chi connectivity index (χ4n) is 3.98. The van der Waals surface area contributed by atoms with Gasteiger partial charge in [0, 0.05) is 24.3 Å². The van der Waals surface area contributed by atoms with Gasteiger partial charge in [-0.3, -0.25) is 0 Å². The molecule has 0 fully saturated rings. The van der Waals surface area contributed by atoms with Crippen LogP contribution in [-0.2, 0) is 17.6 Å². The largest absolute Gasteiger partial charge is 0.462 e. The molecule has 1 aromatic carbocycles. The molecule has 4 heteroatoms. The van der Waals surface area contributed by atoms with Crippen molar-refractivity contribution in [2.24, 2.45) is 0 Å². The van der Waals surface area contributed by atoms with Crippen LogP contribution in [0, 0.1) is 0 Å². The maximum absolute atomic E-state index is 13.1. The Morgan fingerprint density at radius 1 is 1.04 bits per heavy atom. The Hall–Kier alpha value is -2.36. The van der Waals surface area contributed by atoms with E-state index in [0.29, 0.717) is 12.2 Å². The van der Waals surface area contributed by atoms with Crippen LogP contribution in [0.4, 0.5) is 5.82 Å². The summed E-state index contributed by atoms with van der Waals surface area (Å²) >= 11 is 0. The van der Waals surface area contributed by atoms with Crippen molar-refractivity contribution in [3.63, 3.8) is 0 Å². The third-order valence-electron chi connectivity index (χ3n) is 5.31. The summed E-state index contributed by atoms with van der Waals surface area (Å²) in [5, 5.41) is 0. The first-order valence-corrected chi connectivity index (χ1v) is 10.2. The smallest absolute Gasteiger partial charge is 0.342 e. The second-order valence-corrected chi connectivity index (χ2v) is 6.93. The minimum Gasteiger partial charge on any atom is -0.462 e. The van der Waals surface area contributed by atoms with E-state index in [1.807, 2.05) is 25.1 Å². The van der Waals surface area contributed by atoms with Crippen LogP contribution in [0.3, 0.4) is 0 Å². The molecule has 0 spiro atoms. The number of hydrogen-bond acceptors (Lipinski definition) is 4. The molecule has 2 aromatic rings. The number of fused-ring (bicyclic) bond motifs is 1. The van der Waals surface area contributed by atoms with Gasteiger partial charge in [0.2, 0.25) is 0 Å². The van der Waals surface area contributed by atoms with Gasteiger partial charge < -0.3 is 9.64 Å². The normalized spacial score (nSPS) is 13.6. The molecule has 0 aliphatic heterocycles. The molecule has 3 rings (SSSR count). The van der Waals surface area contributed by atoms with E-state index in [0.717, 1.165) is 61.4 Å². The Morgan fingerprint density at radius 2 is 1.74 bits per heavy atom. The van der Waals surface area contributed by atoms with Crippen LogP contribution in [0.1, 0.15) is 61.6 Å². The van der Waals surface area contributed by atoms with Gasteiger partial charge in [-0.2, -0.15) is 0 Å². The number of rotatable bonds is 6. The molecule has 0 atom stereocenters. The van der Waals surface area contributed by atoms with Gasteiger partial charge in [0.15, 0.2) is 0 Å². The van der Waals surface area contributed by atoms with Gasteiger partial charge in [0.05, 0.1) is 6.61 Å². The average molecular weight is 367 g/mol. The maximum atomic E-state index is 13.1. The number of ether oxygens (including phenoxy) is 1. The lowest BCUT2D eigenvalue weighted by Gasteiger charge is -2.27. The number of nitrogens with zero attached hydrogens (tertiary/aromatic N) is 2. The van der Waals surface area contributed by atoms with Gasteiger partial charge in [-0.15, -0.1) is 0 Å². The summed E-state index contributed by atoms with van der Waals surface area (Å²) in [6, 6.07) is 10.3.